The van der Waals surface area contributed by atoms with E-state index in [4.69, 9.17) is 9.47 Å². The molecule has 2 rings (SSSR count). The molecule has 1 saturated carbocycles. The van der Waals surface area contributed by atoms with Gasteiger partial charge < -0.3 is 14.8 Å². The molecule has 0 spiro atoms. The zero-order chi connectivity index (χ0) is 18.3. The summed E-state index contributed by atoms with van der Waals surface area (Å²) in [6.07, 6.45) is 4.88. The normalized spacial score (nSPS) is 15.9. The first-order valence-corrected chi connectivity index (χ1v) is 9.17. The highest BCUT2D eigenvalue weighted by atomic mass is 16.5. The first kappa shape index (κ1) is 19.3. The SMILES string of the molecule is CCCCOc1ccc(NC(=O)[C@](C)(OCCC)C2CC2)cc1C#N. The summed E-state index contributed by atoms with van der Waals surface area (Å²) in [6.45, 7) is 7.13. The van der Waals surface area contributed by atoms with Gasteiger partial charge in [-0.05, 0) is 56.7 Å². The number of rotatable bonds is 10. The zero-order valence-electron chi connectivity index (χ0n) is 15.4. The molecule has 0 aromatic heterocycles. The third-order valence-electron chi connectivity index (χ3n) is 4.53. The molecule has 0 unspecified atom stereocenters. The van der Waals surface area contributed by atoms with Crippen LogP contribution in [0.5, 0.6) is 5.75 Å². The number of amides is 1. The van der Waals surface area contributed by atoms with Crippen LogP contribution < -0.4 is 10.1 Å². The quantitative estimate of drug-likeness (QED) is 0.643. The third kappa shape index (κ3) is 4.96. The van der Waals surface area contributed by atoms with Crippen LogP contribution in [0.3, 0.4) is 0 Å². The second-order valence-electron chi connectivity index (χ2n) is 6.71. The summed E-state index contributed by atoms with van der Waals surface area (Å²) in [5, 5.41) is 12.3. The molecule has 1 fully saturated rings. The predicted octanol–water partition coefficient (Wildman–Crippen LogP) is 4.27. The highest BCUT2D eigenvalue weighted by Crippen LogP contribution is 2.42. The van der Waals surface area contributed by atoms with E-state index in [9.17, 15) is 10.1 Å². The van der Waals surface area contributed by atoms with Gasteiger partial charge in [-0.25, -0.2) is 0 Å². The highest BCUT2D eigenvalue weighted by Gasteiger charge is 2.48. The van der Waals surface area contributed by atoms with E-state index in [2.05, 4.69) is 18.3 Å². The maximum Gasteiger partial charge on any atom is 0.256 e. The van der Waals surface area contributed by atoms with E-state index < -0.39 is 5.60 Å². The molecule has 0 radical (unpaired) electrons. The predicted molar refractivity (Wildman–Crippen MR) is 97.6 cm³/mol. The molecule has 1 aliphatic carbocycles. The first-order chi connectivity index (χ1) is 12.0. The van der Waals surface area contributed by atoms with Crippen LogP contribution >= 0.6 is 0 Å². The van der Waals surface area contributed by atoms with Gasteiger partial charge in [0.05, 0.1) is 12.2 Å². The molecule has 1 aliphatic rings. The Labute approximate surface area is 150 Å². The minimum Gasteiger partial charge on any atom is -0.492 e. The van der Waals surface area contributed by atoms with Crippen molar-refractivity contribution in [3.63, 3.8) is 0 Å². The van der Waals surface area contributed by atoms with Crippen LogP contribution in [0.15, 0.2) is 18.2 Å². The molecular weight excluding hydrogens is 316 g/mol. The van der Waals surface area contributed by atoms with Crippen LogP contribution in [0.4, 0.5) is 5.69 Å². The Morgan fingerprint density at radius 1 is 1.32 bits per heavy atom. The van der Waals surface area contributed by atoms with Gasteiger partial charge in [-0.1, -0.05) is 20.3 Å². The average Bonchev–Trinajstić information content (AvgIpc) is 3.46. The summed E-state index contributed by atoms with van der Waals surface area (Å²) in [5.41, 5.74) is 0.215. The van der Waals surface area contributed by atoms with Crippen molar-refractivity contribution in [2.24, 2.45) is 5.92 Å². The molecule has 5 heteroatoms. The molecule has 0 saturated heterocycles. The van der Waals surface area contributed by atoms with Crippen molar-refractivity contribution in [3.8, 4) is 11.8 Å². The fraction of sp³-hybridized carbons (Fsp3) is 0.600. The lowest BCUT2D eigenvalue weighted by Crippen LogP contribution is -2.45. The lowest BCUT2D eigenvalue weighted by atomic mass is 9.98. The molecule has 5 nitrogen and oxygen atoms in total. The van der Waals surface area contributed by atoms with Crippen LogP contribution in [0, 0.1) is 17.2 Å². The van der Waals surface area contributed by atoms with Crippen LogP contribution in [0.1, 0.15) is 58.4 Å². The maximum absolute atomic E-state index is 12.8. The van der Waals surface area contributed by atoms with Crippen LogP contribution in [0.25, 0.3) is 0 Å². The monoisotopic (exact) mass is 344 g/mol. The second-order valence-corrected chi connectivity index (χ2v) is 6.71. The van der Waals surface area contributed by atoms with Gasteiger partial charge in [-0.15, -0.1) is 0 Å². The molecule has 0 aliphatic heterocycles. The van der Waals surface area contributed by atoms with Crippen molar-refractivity contribution in [2.75, 3.05) is 18.5 Å². The third-order valence-corrected chi connectivity index (χ3v) is 4.53. The van der Waals surface area contributed by atoms with Crippen molar-refractivity contribution >= 4 is 11.6 Å². The number of carbonyl (C=O) groups is 1. The molecule has 25 heavy (non-hydrogen) atoms. The molecular formula is C20H28N2O3. The maximum atomic E-state index is 12.8. The van der Waals surface area contributed by atoms with E-state index in [-0.39, 0.29) is 11.8 Å². The van der Waals surface area contributed by atoms with Gasteiger partial charge in [0.25, 0.3) is 5.91 Å². The van der Waals surface area contributed by atoms with E-state index >= 15 is 0 Å². The van der Waals surface area contributed by atoms with Crippen molar-refractivity contribution in [3.05, 3.63) is 23.8 Å². The number of unbranched alkanes of at least 4 members (excludes halogenated alkanes) is 1. The molecule has 1 aromatic carbocycles. The Morgan fingerprint density at radius 3 is 2.68 bits per heavy atom. The van der Waals surface area contributed by atoms with E-state index in [1.807, 2.05) is 13.8 Å². The first-order valence-electron chi connectivity index (χ1n) is 9.17. The van der Waals surface area contributed by atoms with E-state index in [1.165, 1.54) is 0 Å². The van der Waals surface area contributed by atoms with Gasteiger partial charge in [-0.2, -0.15) is 5.26 Å². The Morgan fingerprint density at radius 2 is 2.08 bits per heavy atom. The molecule has 1 atom stereocenters. The number of hydrogen-bond donors (Lipinski definition) is 1. The minimum absolute atomic E-state index is 0.146. The number of nitrogens with zero attached hydrogens (tertiary/aromatic N) is 1. The van der Waals surface area contributed by atoms with Crippen LogP contribution in [0.2, 0.25) is 0 Å². The molecule has 0 heterocycles. The Hall–Kier alpha value is -2.06. The van der Waals surface area contributed by atoms with Crippen molar-refractivity contribution in [2.45, 2.75) is 58.5 Å². The fourth-order valence-corrected chi connectivity index (χ4v) is 2.72. The van der Waals surface area contributed by atoms with Gasteiger partial charge in [0.15, 0.2) is 0 Å². The lowest BCUT2D eigenvalue weighted by Gasteiger charge is -2.28. The van der Waals surface area contributed by atoms with Gasteiger partial charge in [0, 0.05) is 12.3 Å². The van der Waals surface area contributed by atoms with E-state index in [1.54, 1.807) is 18.2 Å². The lowest BCUT2D eigenvalue weighted by molar-refractivity contribution is -0.142. The summed E-state index contributed by atoms with van der Waals surface area (Å²) < 4.78 is 11.5. The topological polar surface area (TPSA) is 71.3 Å². The molecule has 0 bridgehead atoms. The highest BCUT2D eigenvalue weighted by molar-refractivity contribution is 5.97. The minimum atomic E-state index is -0.806. The van der Waals surface area contributed by atoms with Gasteiger partial charge in [-0.3, -0.25) is 4.79 Å². The Kier molecular flexibility index (Phi) is 6.83. The standard InChI is InChI=1S/C20H28N2O3/c1-4-6-12-24-18-10-9-17(13-15(18)14-21)22-19(23)20(3,16-7-8-16)25-11-5-2/h9-10,13,16H,4-8,11-12H2,1-3H3,(H,22,23)/t20-/m1/s1. The number of benzene rings is 1. The van der Waals surface area contributed by atoms with Gasteiger partial charge in [0.2, 0.25) is 0 Å². The van der Waals surface area contributed by atoms with Crippen molar-refractivity contribution in [1.82, 2.24) is 0 Å². The number of ether oxygens (including phenoxy) is 2. The van der Waals surface area contributed by atoms with Crippen LogP contribution in [-0.4, -0.2) is 24.7 Å². The number of carbonyl (C=O) groups excluding carboxylic acids is 1. The van der Waals surface area contributed by atoms with Crippen LogP contribution in [-0.2, 0) is 9.53 Å². The summed E-state index contributed by atoms with van der Waals surface area (Å²) >= 11 is 0. The Balaban J connectivity index is 2.08. The molecule has 136 valence electrons. The van der Waals surface area contributed by atoms with Gasteiger partial charge in [0.1, 0.15) is 17.4 Å². The fourth-order valence-electron chi connectivity index (χ4n) is 2.72. The van der Waals surface area contributed by atoms with Crippen molar-refractivity contribution < 1.29 is 14.3 Å². The van der Waals surface area contributed by atoms with E-state index in [0.717, 1.165) is 32.1 Å². The summed E-state index contributed by atoms with van der Waals surface area (Å²) in [4.78, 5) is 12.8. The molecule has 1 amide bonds. The number of nitrogens with one attached hydrogen (secondary N) is 1. The smallest absolute Gasteiger partial charge is 0.256 e. The largest absolute Gasteiger partial charge is 0.492 e. The average molecular weight is 344 g/mol. The molecule has 1 aromatic rings. The zero-order valence-corrected chi connectivity index (χ0v) is 15.4. The summed E-state index contributed by atoms with van der Waals surface area (Å²) in [5.74, 6) is 0.680. The Bertz CT molecular complexity index is 634. The summed E-state index contributed by atoms with van der Waals surface area (Å²) in [6, 6.07) is 7.31. The number of hydrogen-bond acceptors (Lipinski definition) is 4. The second kappa shape index (κ2) is 8.87. The van der Waals surface area contributed by atoms with Gasteiger partial charge >= 0.3 is 0 Å². The number of anilines is 1. The number of nitriles is 1. The van der Waals surface area contributed by atoms with E-state index in [0.29, 0.717) is 30.2 Å². The molecule has 1 N–H and O–H groups in total. The summed E-state index contributed by atoms with van der Waals surface area (Å²) in [7, 11) is 0. The van der Waals surface area contributed by atoms with Crippen molar-refractivity contribution in [1.29, 1.82) is 5.26 Å².